The van der Waals surface area contributed by atoms with Crippen LogP contribution in [0.5, 0.6) is 0 Å². The number of hydrogen-bond acceptors (Lipinski definition) is 5. The first kappa shape index (κ1) is 31.3. The molecule has 1 saturated heterocycles. The molecule has 2 aliphatic rings. The van der Waals surface area contributed by atoms with Crippen molar-refractivity contribution in [3.8, 4) is 0 Å². The molecule has 41 heavy (non-hydrogen) atoms. The smallest absolute Gasteiger partial charge is 0.237 e. The highest BCUT2D eigenvalue weighted by Gasteiger charge is 2.66. The van der Waals surface area contributed by atoms with Crippen molar-refractivity contribution < 1.29 is 33.0 Å². The van der Waals surface area contributed by atoms with E-state index >= 15 is 4.39 Å². The SMILES string of the molecule is CC(C)CC(C)(C)C[C@H]1N[C@@H](C(=O)NCC[C@H](O)CO)[C@H](c2cccc(Cl)c2F)[C@@]12C(=O)Nc1cc(F)c(F)cc12. The second kappa shape index (κ2) is 11.9. The molecule has 0 aromatic heterocycles. The molecule has 1 spiro atoms. The number of hydrogen-bond donors (Lipinski definition) is 5. The van der Waals surface area contributed by atoms with Crippen LogP contribution in [0.25, 0.3) is 0 Å². The van der Waals surface area contributed by atoms with Gasteiger partial charge in [0.15, 0.2) is 11.6 Å². The summed E-state index contributed by atoms with van der Waals surface area (Å²) in [5, 5.41) is 27.3. The minimum absolute atomic E-state index is 0.00260. The molecule has 2 aromatic carbocycles. The summed E-state index contributed by atoms with van der Waals surface area (Å²) in [7, 11) is 0. The Hall–Kier alpha value is -2.66. The Morgan fingerprint density at radius 3 is 2.54 bits per heavy atom. The Morgan fingerprint density at radius 1 is 1.20 bits per heavy atom. The van der Waals surface area contributed by atoms with Crippen LogP contribution in [0.15, 0.2) is 30.3 Å². The van der Waals surface area contributed by atoms with Gasteiger partial charge in [0.1, 0.15) is 11.2 Å². The van der Waals surface area contributed by atoms with E-state index in [9.17, 15) is 23.5 Å². The lowest BCUT2D eigenvalue weighted by atomic mass is 9.61. The van der Waals surface area contributed by atoms with E-state index in [4.69, 9.17) is 16.7 Å². The number of fused-ring (bicyclic) bond motifs is 2. The molecule has 11 heteroatoms. The molecule has 2 aromatic rings. The van der Waals surface area contributed by atoms with Crippen molar-refractivity contribution in [3.05, 3.63) is 63.9 Å². The van der Waals surface area contributed by atoms with Crippen molar-refractivity contribution >= 4 is 29.1 Å². The van der Waals surface area contributed by atoms with Gasteiger partial charge in [-0.15, -0.1) is 0 Å². The van der Waals surface area contributed by atoms with Gasteiger partial charge in [-0.2, -0.15) is 0 Å². The number of carbonyl (C=O) groups is 2. The number of halogens is 4. The van der Waals surface area contributed by atoms with Gasteiger partial charge in [0.05, 0.1) is 23.8 Å². The highest BCUT2D eigenvalue weighted by Crippen LogP contribution is 2.57. The molecule has 0 unspecified atom stereocenters. The molecule has 7 nitrogen and oxygen atoms in total. The third-order valence-corrected chi connectivity index (χ3v) is 8.48. The van der Waals surface area contributed by atoms with E-state index in [1.54, 1.807) is 0 Å². The largest absolute Gasteiger partial charge is 0.394 e. The Labute approximate surface area is 242 Å². The average Bonchev–Trinajstić information content (AvgIpc) is 3.35. The Kier molecular flexibility index (Phi) is 9.09. The summed E-state index contributed by atoms with van der Waals surface area (Å²) in [6.07, 6.45) is 0.131. The summed E-state index contributed by atoms with van der Waals surface area (Å²) < 4.78 is 45.0. The van der Waals surface area contributed by atoms with Crippen LogP contribution in [0.1, 0.15) is 64.0 Å². The standard InChI is InChI=1S/C30H37ClF3N3O4/c1-15(2)12-29(3,4)13-23-30(18-10-20(32)21(33)11-22(18)36-28(30)41)24(17-6-5-7-19(31)25(17)34)26(37-23)27(40)35-9-8-16(39)14-38/h5-7,10-11,15-16,23-24,26,37-39H,8-9,12-14H2,1-4H3,(H,35,40)(H,36,41)/t16-,23+,24-,26+,30-/m0/s1. The fraction of sp³-hybridized carbons (Fsp3) is 0.533. The summed E-state index contributed by atoms with van der Waals surface area (Å²) in [5.41, 5.74) is -1.89. The summed E-state index contributed by atoms with van der Waals surface area (Å²) in [4.78, 5) is 27.9. The molecule has 2 aliphatic heterocycles. The maximum absolute atomic E-state index is 15.8. The van der Waals surface area contributed by atoms with E-state index in [-0.39, 0.29) is 40.2 Å². The van der Waals surface area contributed by atoms with Crippen molar-refractivity contribution in [2.75, 3.05) is 18.5 Å². The predicted molar refractivity (Wildman–Crippen MR) is 150 cm³/mol. The molecule has 5 N–H and O–H groups in total. The summed E-state index contributed by atoms with van der Waals surface area (Å²) in [6.45, 7) is 7.71. The summed E-state index contributed by atoms with van der Waals surface area (Å²) in [6, 6.07) is 4.20. The maximum atomic E-state index is 15.8. The Bertz CT molecular complexity index is 1320. The molecule has 0 bridgehead atoms. The van der Waals surface area contributed by atoms with Gasteiger partial charge in [-0.05, 0) is 53.9 Å². The van der Waals surface area contributed by atoms with Crippen molar-refractivity contribution in [2.24, 2.45) is 11.3 Å². The van der Waals surface area contributed by atoms with Gasteiger partial charge in [-0.3, -0.25) is 9.59 Å². The first-order valence-electron chi connectivity index (χ1n) is 13.8. The lowest BCUT2D eigenvalue weighted by Crippen LogP contribution is -2.50. The van der Waals surface area contributed by atoms with Crippen molar-refractivity contribution in [3.63, 3.8) is 0 Å². The van der Waals surface area contributed by atoms with E-state index in [0.29, 0.717) is 12.3 Å². The molecule has 4 rings (SSSR count). The minimum atomic E-state index is -1.70. The number of aliphatic hydroxyl groups is 2. The van der Waals surface area contributed by atoms with Gasteiger partial charge in [0, 0.05) is 30.3 Å². The van der Waals surface area contributed by atoms with Gasteiger partial charge in [0.25, 0.3) is 0 Å². The molecule has 0 saturated carbocycles. The number of amides is 2. The lowest BCUT2D eigenvalue weighted by molar-refractivity contribution is -0.124. The van der Waals surface area contributed by atoms with Crippen LogP contribution >= 0.6 is 11.6 Å². The van der Waals surface area contributed by atoms with E-state index in [2.05, 4.69) is 29.8 Å². The van der Waals surface area contributed by atoms with E-state index < -0.39 is 65.4 Å². The molecular formula is C30H37ClF3N3O4. The second-order valence-corrected chi connectivity index (χ2v) is 12.7. The minimum Gasteiger partial charge on any atom is -0.394 e. The van der Waals surface area contributed by atoms with Crippen LogP contribution in [0.2, 0.25) is 5.02 Å². The predicted octanol–water partition coefficient (Wildman–Crippen LogP) is 4.39. The highest BCUT2D eigenvalue weighted by molar-refractivity contribution is 6.30. The summed E-state index contributed by atoms with van der Waals surface area (Å²) >= 11 is 6.17. The zero-order valence-corrected chi connectivity index (χ0v) is 24.3. The zero-order chi connectivity index (χ0) is 30.3. The molecule has 0 aliphatic carbocycles. The summed E-state index contributed by atoms with van der Waals surface area (Å²) in [5.74, 6) is -5.22. The number of nitrogens with one attached hydrogen (secondary N) is 3. The molecule has 5 atom stereocenters. The number of benzene rings is 2. The van der Waals surface area contributed by atoms with Crippen LogP contribution < -0.4 is 16.0 Å². The quantitative estimate of drug-likeness (QED) is 0.280. The molecule has 2 heterocycles. The third-order valence-electron chi connectivity index (χ3n) is 8.19. The molecule has 0 radical (unpaired) electrons. The lowest BCUT2D eigenvalue weighted by Gasteiger charge is -2.39. The first-order chi connectivity index (χ1) is 19.2. The maximum Gasteiger partial charge on any atom is 0.237 e. The van der Waals surface area contributed by atoms with Gasteiger partial charge >= 0.3 is 0 Å². The van der Waals surface area contributed by atoms with Crippen LogP contribution in [0.3, 0.4) is 0 Å². The number of rotatable bonds is 10. The molecule has 224 valence electrons. The average molecular weight is 596 g/mol. The van der Waals surface area contributed by atoms with Crippen molar-refractivity contribution in [1.29, 1.82) is 0 Å². The zero-order valence-electron chi connectivity index (χ0n) is 23.5. The molecule has 2 amide bonds. The van der Waals surface area contributed by atoms with Crippen molar-refractivity contribution in [1.82, 2.24) is 10.6 Å². The van der Waals surface area contributed by atoms with E-state index in [1.807, 2.05) is 13.8 Å². The third kappa shape index (κ3) is 5.84. The molecular weight excluding hydrogens is 559 g/mol. The topological polar surface area (TPSA) is 111 Å². The van der Waals surface area contributed by atoms with Gasteiger partial charge in [-0.25, -0.2) is 13.2 Å². The fourth-order valence-electron chi connectivity index (χ4n) is 6.86. The van der Waals surface area contributed by atoms with Gasteiger partial charge in [0.2, 0.25) is 11.8 Å². The van der Waals surface area contributed by atoms with Crippen LogP contribution in [0.4, 0.5) is 18.9 Å². The number of aliphatic hydroxyl groups excluding tert-OH is 2. The molecule has 1 fully saturated rings. The number of carbonyl (C=O) groups excluding carboxylic acids is 2. The Morgan fingerprint density at radius 2 is 1.88 bits per heavy atom. The van der Waals surface area contributed by atoms with Crippen LogP contribution in [-0.4, -0.2) is 53.4 Å². The number of anilines is 1. The monoisotopic (exact) mass is 595 g/mol. The highest BCUT2D eigenvalue weighted by atomic mass is 35.5. The van der Waals surface area contributed by atoms with Gasteiger partial charge < -0.3 is 26.2 Å². The van der Waals surface area contributed by atoms with Crippen LogP contribution in [0, 0.1) is 28.8 Å². The first-order valence-corrected chi connectivity index (χ1v) is 14.2. The Balaban J connectivity index is 1.93. The fourth-order valence-corrected chi connectivity index (χ4v) is 7.04. The van der Waals surface area contributed by atoms with Gasteiger partial charge in [-0.1, -0.05) is 51.4 Å². The van der Waals surface area contributed by atoms with Crippen molar-refractivity contribution in [2.45, 2.75) is 76.5 Å². The van der Waals surface area contributed by atoms with E-state index in [0.717, 1.165) is 18.6 Å². The second-order valence-electron chi connectivity index (χ2n) is 12.3. The van der Waals surface area contributed by atoms with Crippen LogP contribution in [-0.2, 0) is 15.0 Å². The normalized spacial score (nSPS) is 24.6. The van der Waals surface area contributed by atoms with E-state index in [1.165, 1.54) is 18.2 Å².